The van der Waals surface area contributed by atoms with Crippen molar-refractivity contribution >= 4 is 29.3 Å². The third-order valence-corrected chi connectivity index (χ3v) is 5.28. The summed E-state index contributed by atoms with van der Waals surface area (Å²) in [4.78, 5) is 15.2. The largest absolute Gasteiger partial charge is 0.508 e. The van der Waals surface area contributed by atoms with Crippen molar-refractivity contribution in [3.63, 3.8) is 0 Å². The predicted octanol–water partition coefficient (Wildman–Crippen LogP) is 5.39. The van der Waals surface area contributed by atoms with Crippen LogP contribution in [0.25, 0.3) is 22.3 Å². The van der Waals surface area contributed by atoms with Crippen LogP contribution in [0.3, 0.4) is 0 Å². The average Bonchev–Trinajstić information content (AvgIpc) is 3.12. The molecule has 6 heteroatoms. The highest BCUT2D eigenvalue weighted by Gasteiger charge is 2.27. The summed E-state index contributed by atoms with van der Waals surface area (Å²) in [6, 6.07) is 12.9. The van der Waals surface area contributed by atoms with Gasteiger partial charge < -0.3 is 14.3 Å². The Balaban J connectivity index is 0.00000240. The van der Waals surface area contributed by atoms with Crippen molar-refractivity contribution < 1.29 is 19.1 Å². The summed E-state index contributed by atoms with van der Waals surface area (Å²) >= 11 is 0. The van der Waals surface area contributed by atoms with Gasteiger partial charge in [-0.05, 0) is 45.0 Å². The first-order valence-electron chi connectivity index (χ1n) is 9.91. The van der Waals surface area contributed by atoms with Crippen LogP contribution in [-0.2, 0) is 11.3 Å². The molecule has 1 aliphatic heterocycles. The number of esters is 1. The second-order valence-corrected chi connectivity index (χ2v) is 7.17. The molecule has 29 heavy (non-hydrogen) atoms. The fraction of sp³-hybridized carbons (Fsp3) is 0.348. The number of carbonyl (C=O) groups is 1. The van der Waals surface area contributed by atoms with Gasteiger partial charge in [0.15, 0.2) is 0 Å². The summed E-state index contributed by atoms with van der Waals surface area (Å²) in [7, 11) is 0. The van der Waals surface area contributed by atoms with E-state index in [4.69, 9.17) is 9.15 Å². The maximum Gasteiger partial charge on any atom is 0.342 e. The van der Waals surface area contributed by atoms with Crippen LogP contribution in [0.1, 0.15) is 42.1 Å². The number of nitrogens with zero attached hydrogens (tertiary/aromatic N) is 1. The molecule has 0 atom stereocenters. The molecule has 1 aromatic heterocycles. The van der Waals surface area contributed by atoms with E-state index >= 15 is 0 Å². The van der Waals surface area contributed by atoms with Crippen LogP contribution in [0.5, 0.6) is 5.75 Å². The van der Waals surface area contributed by atoms with Crippen LogP contribution in [0.15, 0.2) is 46.9 Å². The van der Waals surface area contributed by atoms with Crippen LogP contribution in [-0.4, -0.2) is 35.7 Å². The average molecular weight is 416 g/mol. The van der Waals surface area contributed by atoms with Gasteiger partial charge in [-0.3, -0.25) is 4.90 Å². The minimum atomic E-state index is -0.425. The molecule has 0 radical (unpaired) electrons. The van der Waals surface area contributed by atoms with E-state index in [1.165, 1.54) is 6.42 Å². The molecule has 2 aromatic carbocycles. The fourth-order valence-corrected chi connectivity index (χ4v) is 3.94. The van der Waals surface area contributed by atoms with Crippen molar-refractivity contribution in [2.45, 2.75) is 32.7 Å². The van der Waals surface area contributed by atoms with Gasteiger partial charge in [0.05, 0.1) is 6.61 Å². The Labute approximate surface area is 176 Å². The zero-order valence-corrected chi connectivity index (χ0v) is 17.3. The van der Waals surface area contributed by atoms with Gasteiger partial charge >= 0.3 is 5.97 Å². The topological polar surface area (TPSA) is 62.9 Å². The quantitative estimate of drug-likeness (QED) is 0.566. The highest BCUT2D eigenvalue weighted by Crippen LogP contribution is 2.39. The molecule has 154 valence electrons. The van der Waals surface area contributed by atoms with Gasteiger partial charge in [0, 0.05) is 23.1 Å². The molecule has 1 aliphatic rings. The summed E-state index contributed by atoms with van der Waals surface area (Å²) in [5, 5.41) is 11.3. The second-order valence-electron chi connectivity index (χ2n) is 7.17. The number of rotatable bonds is 5. The molecule has 2 heterocycles. The second kappa shape index (κ2) is 9.33. The number of fused-ring (bicyclic) bond motifs is 1. The lowest BCUT2D eigenvalue weighted by molar-refractivity contribution is 0.0528. The van der Waals surface area contributed by atoms with Gasteiger partial charge in [-0.1, -0.05) is 36.8 Å². The first-order chi connectivity index (χ1) is 13.7. The highest BCUT2D eigenvalue weighted by atomic mass is 35.5. The number of phenols is 1. The number of halogens is 1. The number of likely N-dealkylation sites (tertiary alicyclic amines) is 1. The molecule has 0 bridgehead atoms. The van der Waals surface area contributed by atoms with Crippen LogP contribution in [0.4, 0.5) is 0 Å². The molecule has 5 nitrogen and oxygen atoms in total. The maximum absolute atomic E-state index is 12.9. The number of hydrogen-bond donors (Lipinski definition) is 1. The Kier molecular flexibility index (Phi) is 6.83. The highest BCUT2D eigenvalue weighted by molar-refractivity contribution is 6.10. The van der Waals surface area contributed by atoms with Gasteiger partial charge in [0.2, 0.25) is 0 Å². The Morgan fingerprint density at radius 3 is 2.52 bits per heavy atom. The standard InChI is InChI=1S/C23H25NO4.ClH/c1-2-27-23(26)21-20-17(15-24-13-7-4-8-14-24)18(25)11-12-19(20)28-22(21)16-9-5-3-6-10-16;/h3,5-6,9-12,25H,2,4,7-8,13-15H2,1H3;1H. The number of furan rings is 1. The van der Waals surface area contributed by atoms with E-state index in [1.54, 1.807) is 19.1 Å². The number of hydrogen-bond acceptors (Lipinski definition) is 5. The Bertz CT molecular complexity index is 977. The van der Waals surface area contributed by atoms with Crippen molar-refractivity contribution in [1.82, 2.24) is 4.90 Å². The summed E-state index contributed by atoms with van der Waals surface area (Å²) in [6.07, 6.45) is 3.55. The van der Waals surface area contributed by atoms with Gasteiger partial charge in [-0.15, -0.1) is 12.4 Å². The molecule has 1 fully saturated rings. The maximum atomic E-state index is 12.9. The first-order valence-corrected chi connectivity index (χ1v) is 9.91. The minimum Gasteiger partial charge on any atom is -0.508 e. The number of carbonyl (C=O) groups excluding carboxylic acids is 1. The monoisotopic (exact) mass is 415 g/mol. The Morgan fingerprint density at radius 2 is 1.83 bits per heavy atom. The van der Waals surface area contributed by atoms with Gasteiger partial charge in [-0.2, -0.15) is 0 Å². The van der Waals surface area contributed by atoms with E-state index < -0.39 is 5.97 Å². The molecule has 1 N–H and O–H groups in total. The summed E-state index contributed by atoms with van der Waals surface area (Å²) in [5.74, 6) is 0.245. The van der Waals surface area contributed by atoms with Crippen molar-refractivity contribution in [3.8, 4) is 17.1 Å². The zero-order valence-electron chi connectivity index (χ0n) is 16.5. The summed E-state index contributed by atoms with van der Waals surface area (Å²) in [6.45, 7) is 4.64. The van der Waals surface area contributed by atoms with Crippen LogP contribution >= 0.6 is 12.4 Å². The first kappa shape index (κ1) is 21.2. The lowest BCUT2D eigenvalue weighted by Gasteiger charge is -2.27. The number of phenolic OH excluding ortho intramolecular Hbond substituents is 1. The van der Waals surface area contributed by atoms with Crippen molar-refractivity contribution in [1.29, 1.82) is 0 Å². The lowest BCUT2D eigenvalue weighted by Crippen LogP contribution is -2.29. The Hall–Kier alpha value is -2.50. The van der Waals surface area contributed by atoms with E-state index in [0.29, 0.717) is 28.8 Å². The lowest BCUT2D eigenvalue weighted by atomic mass is 10.00. The molecular weight excluding hydrogens is 390 g/mol. The molecule has 0 saturated carbocycles. The molecule has 1 saturated heterocycles. The van der Waals surface area contributed by atoms with Crippen molar-refractivity contribution in [2.75, 3.05) is 19.7 Å². The van der Waals surface area contributed by atoms with E-state index in [9.17, 15) is 9.90 Å². The summed E-state index contributed by atoms with van der Waals surface area (Å²) in [5.41, 5.74) is 2.52. The SMILES string of the molecule is CCOC(=O)c1c(-c2ccccc2)oc2ccc(O)c(CN3CCCCC3)c12.Cl. The van der Waals surface area contributed by atoms with Gasteiger partial charge in [-0.25, -0.2) is 4.79 Å². The van der Waals surface area contributed by atoms with Gasteiger partial charge in [0.25, 0.3) is 0 Å². The molecule has 0 amide bonds. The van der Waals surface area contributed by atoms with E-state index in [-0.39, 0.29) is 24.8 Å². The molecule has 0 unspecified atom stereocenters. The van der Waals surface area contributed by atoms with Crippen LogP contribution in [0, 0.1) is 0 Å². The van der Waals surface area contributed by atoms with Crippen LogP contribution < -0.4 is 0 Å². The predicted molar refractivity (Wildman–Crippen MR) is 116 cm³/mol. The molecule has 3 aromatic rings. The summed E-state index contributed by atoms with van der Waals surface area (Å²) < 4.78 is 11.5. The molecular formula is C23H26ClNO4. The smallest absolute Gasteiger partial charge is 0.342 e. The number of ether oxygens (including phenoxy) is 1. The molecule has 0 spiro atoms. The third kappa shape index (κ3) is 4.26. The Morgan fingerprint density at radius 1 is 1.10 bits per heavy atom. The third-order valence-electron chi connectivity index (χ3n) is 5.28. The molecule has 0 aliphatic carbocycles. The van der Waals surface area contributed by atoms with E-state index in [1.807, 2.05) is 30.3 Å². The normalized spacial score (nSPS) is 14.5. The minimum absolute atomic E-state index is 0. The van der Waals surface area contributed by atoms with Crippen LogP contribution in [0.2, 0.25) is 0 Å². The van der Waals surface area contributed by atoms with E-state index in [0.717, 1.165) is 37.1 Å². The van der Waals surface area contributed by atoms with Gasteiger partial charge in [0.1, 0.15) is 22.7 Å². The number of benzene rings is 2. The van der Waals surface area contributed by atoms with Crippen molar-refractivity contribution in [2.24, 2.45) is 0 Å². The number of piperidine rings is 1. The van der Waals surface area contributed by atoms with Crippen molar-refractivity contribution in [3.05, 3.63) is 53.6 Å². The van der Waals surface area contributed by atoms with E-state index in [2.05, 4.69) is 4.90 Å². The fourth-order valence-electron chi connectivity index (χ4n) is 3.94. The molecule has 4 rings (SSSR count). The number of aromatic hydroxyl groups is 1. The zero-order chi connectivity index (χ0) is 19.5.